The number of nitrogens with two attached hydrogens (primary N) is 1. The Morgan fingerprint density at radius 1 is 1.14 bits per heavy atom. The number of imide groups is 1. The summed E-state index contributed by atoms with van der Waals surface area (Å²) in [6, 6.07) is 11.3. The van der Waals surface area contributed by atoms with Gasteiger partial charge in [0.25, 0.3) is 6.02 Å². The van der Waals surface area contributed by atoms with Gasteiger partial charge in [-0.15, -0.1) is 0 Å². The lowest BCUT2D eigenvalue weighted by Crippen LogP contribution is -2.51. The topological polar surface area (TPSA) is 106 Å². The molecule has 0 saturated carbocycles. The van der Waals surface area contributed by atoms with Gasteiger partial charge in [-0.05, 0) is 38.3 Å². The molecule has 8 nitrogen and oxygen atoms in total. The number of hydrogen-bond acceptors (Lipinski definition) is 6. The van der Waals surface area contributed by atoms with E-state index in [2.05, 4.69) is 10.3 Å². The van der Waals surface area contributed by atoms with E-state index in [4.69, 9.17) is 15.2 Å². The van der Waals surface area contributed by atoms with Gasteiger partial charge < -0.3 is 20.1 Å². The van der Waals surface area contributed by atoms with Crippen LogP contribution in [0.15, 0.2) is 47.5 Å². The molecule has 0 radical (unpaired) electrons. The Morgan fingerprint density at radius 3 is 2.35 bits per heavy atom. The molecule has 2 heterocycles. The Morgan fingerprint density at radius 2 is 1.81 bits per heavy atom. The minimum Gasteiger partial charge on any atom is -0.492 e. The molecule has 0 bridgehead atoms. The zero-order chi connectivity index (χ0) is 31.7. The molecule has 0 aliphatic carbocycles. The number of amidine groups is 1. The maximum Gasteiger partial charge on any atom is 0.389 e. The van der Waals surface area contributed by atoms with E-state index in [-0.39, 0.29) is 48.5 Å². The smallest absolute Gasteiger partial charge is 0.389 e. The number of aliphatic imine (C=N–C) groups is 1. The Balaban J connectivity index is 0.000000646. The number of rotatable bonds is 8. The molecule has 2 saturated heterocycles. The van der Waals surface area contributed by atoms with Crippen LogP contribution in [0, 0.1) is 12.7 Å². The van der Waals surface area contributed by atoms with Crippen LogP contribution >= 0.6 is 0 Å². The molecule has 12 heteroatoms. The standard InChI is InChI=1S/C27H31FN4O4.C4H7F3/c1-4-5-22(17-8-6-16(2)7-9-17)36-27(29)30-18-14-32(15-18)21-12-10-19(24(28)25(21)35-3)20-11-13-23(33)31-26(20)34;1-2-3-4(5,6)7/h5-10,12,18,20H,4,11,13-15H2,1-3H3,(H2,29,30)(H,31,33,34);2-3H2,1H3/b22-5+;. The molecule has 1 unspecified atom stereocenters. The minimum absolute atomic E-state index is 0.0661. The molecule has 2 aromatic rings. The molecular weight excluding hydrogens is 568 g/mol. The minimum atomic E-state index is -3.95. The van der Waals surface area contributed by atoms with Crippen molar-refractivity contribution >= 4 is 29.3 Å². The number of piperidine rings is 1. The van der Waals surface area contributed by atoms with Gasteiger partial charge in [-0.2, -0.15) is 13.2 Å². The third-order valence-electron chi connectivity index (χ3n) is 6.91. The van der Waals surface area contributed by atoms with E-state index in [1.807, 2.05) is 49.1 Å². The molecule has 2 fully saturated rings. The Bertz CT molecular complexity index is 1340. The molecule has 234 valence electrons. The highest BCUT2D eigenvalue weighted by atomic mass is 19.4. The number of carbonyl (C=O) groups excluding carboxylic acids is 2. The number of aryl methyl sites for hydroxylation is 1. The SMILES string of the molecule is CC/C=C(/OC(N)=NC1CN(c2ccc(C3CCC(=O)NC3=O)c(F)c2OC)C1)c1ccc(C)cc1.CCCC(F)(F)F. The van der Waals surface area contributed by atoms with Crippen molar-refractivity contribution in [2.24, 2.45) is 10.7 Å². The van der Waals surface area contributed by atoms with Gasteiger partial charge in [-0.1, -0.05) is 49.7 Å². The van der Waals surface area contributed by atoms with Crippen LogP contribution in [0.3, 0.4) is 0 Å². The predicted octanol–water partition coefficient (Wildman–Crippen LogP) is 5.98. The summed E-state index contributed by atoms with van der Waals surface area (Å²) in [6.45, 7) is 6.57. The molecule has 4 rings (SSSR count). The van der Waals surface area contributed by atoms with Gasteiger partial charge in [0.1, 0.15) is 5.76 Å². The molecule has 2 aliphatic heterocycles. The molecule has 2 aliphatic rings. The van der Waals surface area contributed by atoms with E-state index in [0.717, 1.165) is 17.5 Å². The average Bonchev–Trinajstić information content (AvgIpc) is 2.91. The van der Waals surface area contributed by atoms with Gasteiger partial charge in [-0.25, -0.2) is 9.38 Å². The van der Waals surface area contributed by atoms with Crippen molar-refractivity contribution in [3.8, 4) is 5.75 Å². The van der Waals surface area contributed by atoms with Crippen molar-refractivity contribution in [2.75, 3.05) is 25.1 Å². The lowest BCUT2D eigenvalue weighted by molar-refractivity contribution is -0.135. The maximum absolute atomic E-state index is 15.3. The first-order chi connectivity index (χ1) is 20.4. The number of carbonyl (C=O) groups is 2. The van der Waals surface area contributed by atoms with Crippen molar-refractivity contribution in [1.82, 2.24) is 5.32 Å². The normalized spacial score (nSPS) is 18.0. The fourth-order valence-corrected chi connectivity index (χ4v) is 4.72. The first-order valence-electron chi connectivity index (χ1n) is 14.2. The molecule has 1 atom stereocenters. The van der Waals surface area contributed by atoms with Crippen molar-refractivity contribution in [1.29, 1.82) is 0 Å². The summed E-state index contributed by atoms with van der Waals surface area (Å²) in [5.41, 5.74) is 8.97. The van der Waals surface area contributed by atoms with Gasteiger partial charge >= 0.3 is 6.18 Å². The van der Waals surface area contributed by atoms with Crippen molar-refractivity contribution in [3.63, 3.8) is 0 Å². The summed E-state index contributed by atoms with van der Waals surface area (Å²) < 4.78 is 59.7. The van der Waals surface area contributed by atoms with Crippen LogP contribution < -0.4 is 20.7 Å². The summed E-state index contributed by atoms with van der Waals surface area (Å²) in [7, 11) is 1.39. The van der Waals surface area contributed by atoms with Gasteiger partial charge in [0.15, 0.2) is 11.6 Å². The van der Waals surface area contributed by atoms with Crippen molar-refractivity contribution < 1.29 is 36.6 Å². The number of nitrogens with one attached hydrogen (secondary N) is 1. The molecule has 2 aromatic carbocycles. The third-order valence-corrected chi connectivity index (χ3v) is 6.91. The number of halogens is 4. The van der Waals surface area contributed by atoms with Crippen LogP contribution in [0.5, 0.6) is 5.75 Å². The molecule has 0 aromatic heterocycles. The highest BCUT2D eigenvalue weighted by molar-refractivity contribution is 6.01. The Hall–Kier alpha value is -4.09. The number of methoxy groups -OCH3 is 1. The van der Waals surface area contributed by atoms with E-state index in [9.17, 15) is 22.8 Å². The summed E-state index contributed by atoms with van der Waals surface area (Å²) in [5, 5.41) is 2.27. The number of anilines is 1. The van der Waals surface area contributed by atoms with Crippen LogP contribution in [0.1, 0.15) is 68.6 Å². The Labute approximate surface area is 248 Å². The number of nitrogens with zero attached hydrogens (tertiary/aromatic N) is 2. The quantitative estimate of drug-likeness (QED) is 0.126. The molecule has 3 N–H and O–H groups in total. The fraction of sp³-hybridized carbons (Fsp3) is 0.452. The van der Waals surface area contributed by atoms with Gasteiger partial charge in [0.2, 0.25) is 11.8 Å². The summed E-state index contributed by atoms with van der Waals surface area (Å²) in [4.78, 5) is 30.1. The zero-order valence-corrected chi connectivity index (χ0v) is 24.8. The molecule has 2 amide bonds. The van der Waals surface area contributed by atoms with Crippen LogP contribution in [0.2, 0.25) is 0 Å². The van der Waals surface area contributed by atoms with Crippen LogP contribution in [-0.4, -0.2) is 50.3 Å². The summed E-state index contributed by atoms with van der Waals surface area (Å²) >= 11 is 0. The Kier molecular flexibility index (Phi) is 11.6. The maximum atomic E-state index is 15.3. The van der Waals surface area contributed by atoms with Crippen LogP contribution in [0.4, 0.5) is 23.2 Å². The lowest BCUT2D eigenvalue weighted by atomic mass is 9.89. The highest BCUT2D eigenvalue weighted by Gasteiger charge is 2.34. The summed E-state index contributed by atoms with van der Waals surface area (Å²) in [5.74, 6) is -1.43. The first-order valence-corrected chi connectivity index (χ1v) is 14.2. The first kappa shape index (κ1) is 33.4. The second kappa shape index (κ2) is 14.9. The number of alkyl halides is 3. The van der Waals surface area contributed by atoms with E-state index in [1.165, 1.54) is 14.0 Å². The van der Waals surface area contributed by atoms with Gasteiger partial charge in [0, 0.05) is 37.1 Å². The number of amides is 2. The van der Waals surface area contributed by atoms with E-state index in [1.54, 1.807) is 12.1 Å². The largest absolute Gasteiger partial charge is 0.492 e. The molecule has 0 spiro atoms. The number of hydrogen-bond donors (Lipinski definition) is 2. The third kappa shape index (κ3) is 9.20. The van der Waals surface area contributed by atoms with E-state index >= 15 is 4.39 Å². The summed E-state index contributed by atoms with van der Waals surface area (Å²) in [6.07, 6.45) is -1.24. The monoisotopic (exact) mass is 606 g/mol. The number of allylic oxidation sites excluding steroid dienone is 1. The van der Waals surface area contributed by atoms with Crippen LogP contribution in [-0.2, 0) is 14.3 Å². The zero-order valence-electron chi connectivity index (χ0n) is 24.8. The second-order valence-corrected chi connectivity index (χ2v) is 10.4. The lowest BCUT2D eigenvalue weighted by Gasteiger charge is -2.39. The number of benzene rings is 2. The van der Waals surface area contributed by atoms with Gasteiger partial charge in [0.05, 0.1) is 24.8 Å². The van der Waals surface area contributed by atoms with Crippen molar-refractivity contribution in [3.05, 3.63) is 65.0 Å². The fourth-order valence-electron chi connectivity index (χ4n) is 4.72. The van der Waals surface area contributed by atoms with E-state index in [0.29, 0.717) is 24.5 Å². The van der Waals surface area contributed by atoms with Crippen LogP contribution in [0.25, 0.3) is 5.76 Å². The average molecular weight is 607 g/mol. The predicted molar refractivity (Wildman–Crippen MR) is 157 cm³/mol. The van der Waals surface area contributed by atoms with Gasteiger partial charge in [-0.3, -0.25) is 14.9 Å². The molecule has 43 heavy (non-hydrogen) atoms. The number of ether oxygens (including phenoxy) is 2. The van der Waals surface area contributed by atoms with E-state index < -0.39 is 30.2 Å². The van der Waals surface area contributed by atoms with Crippen molar-refractivity contribution in [2.45, 2.75) is 71.0 Å². The molecular formula is C31H38F4N4O4. The second-order valence-electron chi connectivity index (χ2n) is 10.4. The highest BCUT2D eigenvalue weighted by Crippen LogP contribution is 2.39.